The van der Waals surface area contributed by atoms with Crippen LogP contribution in [0.1, 0.15) is 61.0 Å². The molecule has 0 amide bonds. The smallest absolute Gasteiger partial charge is 0.243 e. The maximum atomic E-state index is 14.2. The average molecular weight is 425 g/mol. The molecule has 7 rings (SSSR count). The Kier molecular flexibility index (Phi) is 4.09. The zero-order chi connectivity index (χ0) is 21.4. The normalized spacial score (nSPS) is 29.7. The van der Waals surface area contributed by atoms with Crippen LogP contribution >= 0.6 is 0 Å². The standard InChI is InChI=1S/C25H26F3N3/c1-15-22-20(25(26,27)28)10-21(24-11-17-7-18(12-24)9-19(8-17)13-24)29-23(22)31(30-15)14-16-5-3-2-4-6-16/h2-6,10,17-19H,7-9,11-14H2,1H3. The number of nitrogens with zero attached hydrogens (tertiary/aromatic N) is 3. The molecule has 0 unspecified atom stereocenters. The molecule has 3 nitrogen and oxygen atoms in total. The summed E-state index contributed by atoms with van der Waals surface area (Å²) in [6, 6.07) is 11.1. The third-order valence-electron chi connectivity index (χ3n) is 7.94. The molecule has 0 radical (unpaired) electrons. The van der Waals surface area contributed by atoms with E-state index in [4.69, 9.17) is 4.98 Å². The summed E-state index contributed by atoms with van der Waals surface area (Å²) in [5.74, 6) is 1.94. The van der Waals surface area contributed by atoms with E-state index in [2.05, 4.69) is 5.10 Å². The van der Waals surface area contributed by atoms with Gasteiger partial charge >= 0.3 is 6.18 Å². The quantitative estimate of drug-likeness (QED) is 0.495. The molecule has 4 fully saturated rings. The Bertz CT molecular complexity index is 1110. The van der Waals surface area contributed by atoms with Crippen molar-refractivity contribution in [2.45, 2.75) is 63.6 Å². The highest BCUT2D eigenvalue weighted by atomic mass is 19.4. The van der Waals surface area contributed by atoms with E-state index in [9.17, 15) is 13.2 Å². The zero-order valence-corrected chi connectivity index (χ0v) is 17.6. The number of pyridine rings is 1. The molecule has 31 heavy (non-hydrogen) atoms. The van der Waals surface area contributed by atoms with Crippen molar-refractivity contribution in [1.29, 1.82) is 0 Å². The highest BCUT2D eigenvalue weighted by Gasteiger charge is 2.53. The van der Waals surface area contributed by atoms with Crippen LogP contribution in [-0.4, -0.2) is 14.8 Å². The van der Waals surface area contributed by atoms with Crippen molar-refractivity contribution in [3.05, 3.63) is 58.9 Å². The fourth-order valence-corrected chi connectivity index (χ4v) is 7.14. The van der Waals surface area contributed by atoms with E-state index >= 15 is 0 Å². The van der Waals surface area contributed by atoms with Crippen molar-refractivity contribution in [2.75, 3.05) is 0 Å². The molecular weight excluding hydrogens is 399 g/mol. The second-order valence-electron chi connectivity index (χ2n) is 10.2. The molecule has 1 aromatic carbocycles. The zero-order valence-electron chi connectivity index (χ0n) is 17.6. The number of rotatable bonds is 3. The highest BCUT2D eigenvalue weighted by molar-refractivity contribution is 5.83. The summed E-state index contributed by atoms with van der Waals surface area (Å²) in [6.45, 7) is 2.07. The minimum absolute atomic E-state index is 0.150. The van der Waals surface area contributed by atoms with Gasteiger partial charge in [-0.15, -0.1) is 0 Å². The van der Waals surface area contributed by atoms with Crippen LogP contribution in [0.2, 0.25) is 0 Å². The number of hydrogen-bond donors (Lipinski definition) is 0. The second-order valence-corrected chi connectivity index (χ2v) is 10.2. The number of benzene rings is 1. The lowest BCUT2D eigenvalue weighted by atomic mass is 9.48. The second kappa shape index (κ2) is 6.57. The lowest BCUT2D eigenvalue weighted by Crippen LogP contribution is -2.49. The number of halogens is 3. The Morgan fingerprint density at radius 2 is 1.61 bits per heavy atom. The van der Waals surface area contributed by atoms with E-state index in [-0.39, 0.29) is 10.8 Å². The summed E-state index contributed by atoms with van der Waals surface area (Å²) in [4.78, 5) is 4.96. The van der Waals surface area contributed by atoms with Gasteiger partial charge in [0, 0.05) is 11.1 Å². The first-order valence-electron chi connectivity index (χ1n) is 11.3. The van der Waals surface area contributed by atoms with Crippen LogP contribution in [0.4, 0.5) is 13.2 Å². The van der Waals surface area contributed by atoms with Gasteiger partial charge in [-0.2, -0.15) is 18.3 Å². The number of alkyl halides is 3. The van der Waals surface area contributed by atoms with Crippen molar-refractivity contribution in [3.8, 4) is 0 Å². The number of fused-ring (bicyclic) bond motifs is 1. The van der Waals surface area contributed by atoms with Gasteiger partial charge in [0.25, 0.3) is 0 Å². The maximum absolute atomic E-state index is 14.2. The molecule has 162 valence electrons. The summed E-state index contributed by atoms with van der Waals surface area (Å²) in [7, 11) is 0. The molecule has 3 aromatic rings. The number of aryl methyl sites for hydroxylation is 1. The van der Waals surface area contributed by atoms with Crippen LogP contribution in [0.3, 0.4) is 0 Å². The first-order chi connectivity index (χ1) is 14.8. The molecule has 4 aliphatic carbocycles. The molecule has 4 saturated carbocycles. The van der Waals surface area contributed by atoms with Crippen LogP contribution in [0.25, 0.3) is 11.0 Å². The predicted octanol–water partition coefficient (Wildman–Crippen LogP) is 6.27. The van der Waals surface area contributed by atoms with Crippen LogP contribution in [-0.2, 0) is 18.1 Å². The molecule has 0 aliphatic heterocycles. The topological polar surface area (TPSA) is 30.7 Å². The fraction of sp³-hybridized carbons (Fsp3) is 0.520. The lowest BCUT2D eigenvalue weighted by Gasteiger charge is -2.56. The van der Waals surface area contributed by atoms with Gasteiger partial charge in [0.1, 0.15) is 0 Å². The molecule has 0 N–H and O–H groups in total. The van der Waals surface area contributed by atoms with Gasteiger partial charge < -0.3 is 0 Å². The van der Waals surface area contributed by atoms with E-state index in [1.54, 1.807) is 11.6 Å². The predicted molar refractivity (Wildman–Crippen MR) is 113 cm³/mol. The minimum atomic E-state index is -4.43. The third kappa shape index (κ3) is 3.09. The molecule has 2 heterocycles. The first-order valence-corrected chi connectivity index (χ1v) is 11.3. The van der Waals surface area contributed by atoms with E-state index < -0.39 is 11.7 Å². The van der Waals surface area contributed by atoms with E-state index in [1.165, 1.54) is 25.3 Å². The molecule has 4 bridgehead atoms. The fourth-order valence-electron chi connectivity index (χ4n) is 7.14. The Labute approximate surface area is 179 Å². The molecule has 0 atom stereocenters. The van der Waals surface area contributed by atoms with Crippen molar-refractivity contribution in [2.24, 2.45) is 17.8 Å². The monoisotopic (exact) mass is 425 g/mol. The lowest BCUT2D eigenvalue weighted by molar-refractivity contribution is -0.136. The molecule has 4 aliphatic rings. The van der Waals surface area contributed by atoms with Crippen molar-refractivity contribution < 1.29 is 13.2 Å². The first kappa shape index (κ1) is 19.3. The van der Waals surface area contributed by atoms with Gasteiger partial charge in [0.05, 0.1) is 23.2 Å². The van der Waals surface area contributed by atoms with Crippen LogP contribution in [0.5, 0.6) is 0 Å². The van der Waals surface area contributed by atoms with Crippen molar-refractivity contribution in [1.82, 2.24) is 14.8 Å². The van der Waals surface area contributed by atoms with Gasteiger partial charge in [0.2, 0.25) is 0 Å². The van der Waals surface area contributed by atoms with Crippen molar-refractivity contribution in [3.63, 3.8) is 0 Å². The van der Waals surface area contributed by atoms with Crippen molar-refractivity contribution >= 4 is 11.0 Å². The van der Waals surface area contributed by atoms with E-state index in [0.29, 0.717) is 41.3 Å². The SMILES string of the molecule is Cc1nn(Cc2ccccc2)c2nc(C34CC5CC(CC(C5)C3)C4)cc(C(F)(F)F)c12. The Morgan fingerprint density at radius 1 is 1.00 bits per heavy atom. The highest BCUT2D eigenvalue weighted by Crippen LogP contribution is 2.60. The summed E-state index contributed by atoms with van der Waals surface area (Å²) in [6.07, 6.45) is 2.28. The van der Waals surface area contributed by atoms with Gasteiger partial charge in [-0.05, 0) is 74.8 Å². The van der Waals surface area contributed by atoms with E-state index in [1.807, 2.05) is 30.3 Å². The Hall–Kier alpha value is -2.37. The van der Waals surface area contributed by atoms with Crippen LogP contribution in [0, 0.1) is 24.7 Å². The Morgan fingerprint density at radius 3 is 2.19 bits per heavy atom. The molecule has 2 aromatic heterocycles. The number of aromatic nitrogens is 3. The molecule has 0 spiro atoms. The van der Waals surface area contributed by atoms with Crippen LogP contribution < -0.4 is 0 Å². The Balaban J connectivity index is 1.54. The van der Waals surface area contributed by atoms with Gasteiger partial charge in [-0.3, -0.25) is 0 Å². The maximum Gasteiger partial charge on any atom is 0.417 e. The molecule has 0 saturated heterocycles. The summed E-state index contributed by atoms with van der Waals surface area (Å²) >= 11 is 0. The van der Waals surface area contributed by atoms with Gasteiger partial charge in [-0.25, -0.2) is 9.67 Å². The summed E-state index contributed by atoms with van der Waals surface area (Å²) in [5.41, 5.74) is 1.66. The van der Waals surface area contributed by atoms with E-state index in [0.717, 1.165) is 24.8 Å². The number of hydrogen-bond acceptors (Lipinski definition) is 2. The van der Waals surface area contributed by atoms with Crippen LogP contribution in [0.15, 0.2) is 36.4 Å². The van der Waals surface area contributed by atoms with Gasteiger partial charge in [0.15, 0.2) is 5.65 Å². The largest absolute Gasteiger partial charge is 0.417 e. The average Bonchev–Trinajstić information content (AvgIpc) is 3.02. The summed E-state index contributed by atoms with van der Waals surface area (Å²) in [5, 5.41) is 4.65. The molecular formula is C25H26F3N3. The minimum Gasteiger partial charge on any atom is -0.243 e. The third-order valence-corrected chi connectivity index (χ3v) is 7.94. The summed E-state index contributed by atoms with van der Waals surface area (Å²) < 4.78 is 44.3. The molecule has 6 heteroatoms. The van der Waals surface area contributed by atoms with Gasteiger partial charge in [-0.1, -0.05) is 30.3 Å².